The second-order valence-electron chi connectivity index (χ2n) is 6.39. The molecule has 0 unspecified atom stereocenters. The quantitative estimate of drug-likeness (QED) is 0.569. The topological polar surface area (TPSA) is 105 Å². The summed E-state index contributed by atoms with van der Waals surface area (Å²) in [7, 11) is 0. The van der Waals surface area contributed by atoms with Crippen molar-refractivity contribution in [2.75, 3.05) is 13.2 Å². The lowest BCUT2D eigenvalue weighted by Gasteiger charge is -2.26. The molecule has 3 rings (SSSR count). The summed E-state index contributed by atoms with van der Waals surface area (Å²) >= 11 is 0. The molecule has 0 fully saturated rings. The standard InChI is InChI=1S/C21H21N3O5/c1-2-29-16-9-7-14(8-10-16)20(27)23-22-18(25)11-12-24-19(26)13-15-5-3-4-6-17(15)21(24)28/h3-10H,2,11-13H2,1H3,(H,22,25)(H,23,27). The molecule has 1 heterocycles. The van der Waals surface area contributed by atoms with Crippen LogP contribution in [0.2, 0.25) is 0 Å². The second-order valence-corrected chi connectivity index (χ2v) is 6.39. The summed E-state index contributed by atoms with van der Waals surface area (Å²) in [5.41, 5.74) is 6.11. The first-order valence-corrected chi connectivity index (χ1v) is 9.24. The maximum Gasteiger partial charge on any atom is 0.269 e. The monoisotopic (exact) mass is 395 g/mol. The number of amides is 4. The van der Waals surface area contributed by atoms with E-state index >= 15 is 0 Å². The van der Waals surface area contributed by atoms with Crippen molar-refractivity contribution in [1.82, 2.24) is 15.8 Å². The van der Waals surface area contributed by atoms with Gasteiger partial charge in [-0.15, -0.1) is 0 Å². The van der Waals surface area contributed by atoms with E-state index in [1.54, 1.807) is 48.5 Å². The molecule has 8 nitrogen and oxygen atoms in total. The van der Waals surface area contributed by atoms with Crippen molar-refractivity contribution in [2.45, 2.75) is 19.8 Å². The van der Waals surface area contributed by atoms with Gasteiger partial charge >= 0.3 is 0 Å². The molecule has 29 heavy (non-hydrogen) atoms. The number of ether oxygens (including phenoxy) is 1. The third kappa shape index (κ3) is 4.78. The lowest BCUT2D eigenvalue weighted by atomic mass is 9.98. The number of carbonyl (C=O) groups excluding carboxylic acids is 4. The van der Waals surface area contributed by atoms with Gasteiger partial charge in [-0.3, -0.25) is 34.9 Å². The molecule has 4 amide bonds. The highest BCUT2D eigenvalue weighted by molar-refractivity contribution is 6.09. The lowest BCUT2D eigenvalue weighted by Crippen LogP contribution is -2.46. The highest BCUT2D eigenvalue weighted by Gasteiger charge is 2.30. The van der Waals surface area contributed by atoms with E-state index in [1.807, 2.05) is 6.92 Å². The number of fused-ring (bicyclic) bond motifs is 1. The third-order valence-corrected chi connectivity index (χ3v) is 4.44. The van der Waals surface area contributed by atoms with E-state index in [1.165, 1.54) is 0 Å². The molecule has 0 atom stereocenters. The number of hydrogen-bond donors (Lipinski definition) is 2. The van der Waals surface area contributed by atoms with Crippen LogP contribution in [0.15, 0.2) is 48.5 Å². The first kappa shape index (κ1) is 20.1. The molecule has 0 bridgehead atoms. The molecular formula is C21H21N3O5. The Bertz CT molecular complexity index is 940. The number of imide groups is 1. The minimum atomic E-state index is -0.510. The highest BCUT2D eigenvalue weighted by Crippen LogP contribution is 2.19. The minimum Gasteiger partial charge on any atom is -0.494 e. The summed E-state index contributed by atoms with van der Waals surface area (Å²) in [5.74, 6) is -1.11. The van der Waals surface area contributed by atoms with E-state index in [0.717, 1.165) is 4.90 Å². The van der Waals surface area contributed by atoms with Crippen LogP contribution < -0.4 is 15.6 Å². The summed E-state index contributed by atoms with van der Waals surface area (Å²) in [6.45, 7) is 2.33. The van der Waals surface area contributed by atoms with Crippen LogP contribution in [-0.4, -0.2) is 41.7 Å². The van der Waals surface area contributed by atoms with E-state index in [9.17, 15) is 19.2 Å². The number of hydrazine groups is 1. The van der Waals surface area contributed by atoms with E-state index in [-0.39, 0.29) is 25.3 Å². The molecule has 1 aliphatic rings. The number of benzene rings is 2. The Hall–Kier alpha value is -3.68. The van der Waals surface area contributed by atoms with Crippen LogP contribution >= 0.6 is 0 Å². The molecule has 0 aromatic heterocycles. The molecule has 0 spiro atoms. The van der Waals surface area contributed by atoms with Crippen molar-refractivity contribution in [3.8, 4) is 5.75 Å². The lowest BCUT2D eigenvalue weighted by molar-refractivity contribution is -0.129. The summed E-state index contributed by atoms with van der Waals surface area (Å²) in [6, 6.07) is 13.4. The van der Waals surface area contributed by atoms with Gasteiger partial charge in [-0.2, -0.15) is 0 Å². The van der Waals surface area contributed by atoms with E-state index in [4.69, 9.17) is 4.74 Å². The molecule has 0 saturated carbocycles. The average Bonchev–Trinajstić information content (AvgIpc) is 2.72. The van der Waals surface area contributed by atoms with Gasteiger partial charge in [-0.25, -0.2) is 0 Å². The average molecular weight is 395 g/mol. The van der Waals surface area contributed by atoms with Gasteiger partial charge in [0.1, 0.15) is 5.75 Å². The second kappa shape index (κ2) is 9.01. The van der Waals surface area contributed by atoms with Crippen LogP contribution in [0.3, 0.4) is 0 Å². The SMILES string of the molecule is CCOc1ccc(C(=O)NNC(=O)CCN2C(=O)Cc3ccccc3C2=O)cc1. The van der Waals surface area contributed by atoms with E-state index in [2.05, 4.69) is 10.9 Å². The zero-order chi connectivity index (χ0) is 20.8. The maximum atomic E-state index is 12.5. The van der Waals surface area contributed by atoms with Gasteiger partial charge in [-0.1, -0.05) is 18.2 Å². The van der Waals surface area contributed by atoms with Gasteiger partial charge in [0.25, 0.3) is 11.8 Å². The molecule has 2 aromatic carbocycles. The molecule has 8 heteroatoms. The molecule has 1 aliphatic heterocycles. The van der Waals surface area contributed by atoms with Crippen LogP contribution in [-0.2, 0) is 16.0 Å². The fourth-order valence-corrected chi connectivity index (χ4v) is 2.97. The van der Waals surface area contributed by atoms with Crippen molar-refractivity contribution in [1.29, 1.82) is 0 Å². The first-order valence-electron chi connectivity index (χ1n) is 9.24. The van der Waals surface area contributed by atoms with Gasteiger partial charge in [-0.05, 0) is 42.8 Å². The number of carbonyl (C=O) groups is 4. The van der Waals surface area contributed by atoms with Gasteiger partial charge in [0.05, 0.1) is 13.0 Å². The zero-order valence-electron chi connectivity index (χ0n) is 15.9. The van der Waals surface area contributed by atoms with Crippen LogP contribution in [0.25, 0.3) is 0 Å². The summed E-state index contributed by atoms with van der Waals surface area (Å²) in [5, 5.41) is 0. The molecule has 0 saturated heterocycles. The van der Waals surface area contributed by atoms with Gasteiger partial charge in [0.15, 0.2) is 0 Å². The predicted octanol–water partition coefficient (Wildman–Crippen LogP) is 1.46. The molecule has 2 aromatic rings. The zero-order valence-corrected chi connectivity index (χ0v) is 15.9. The number of nitrogens with zero attached hydrogens (tertiary/aromatic N) is 1. The van der Waals surface area contributed by atoms with E-state index < -0.39 is 17.7 Å². The smallest absolute Gasteiger partial charge is 0.269 e. The van der Waals surface area contributed by atoms with Crippen molar-refractivity contribution < 1.29 is 23.9 Å². The molecule has 2 N–H and O–H groups in total. The van der Waals surface area contributed by atoms with Crippen LogP contribution in [0.4, 0.5) is 0 Å². The van der Waals surface area contributed by atoms with E-state index in [0.29, 0.717) is 29.0 Å². The number of nitrogens with one attached hydrogen (secondary N) is 2. The van der Waals surface area contributed by atoms with Crippen molar-refractivity contribution in [3.63, 3.8) is 0 Å². The van der Waals surface area contributed by atoms with Gasteiger partial charge < -0.3 is 4.74 Å². The largest absolute Gasteiger partial charge is 0.494 e. The normalized spacial score (nSPS) is 12.9. The molecule has 0 radical (unpaired) electrons. The fraction of sp³-hybridized carbons (Fsp3) is 0.238. The summed E-state index contributed by atoms with van der Waals surface area (Å²) in [4.78, 5) is 49.8. The summed E-state index contributed by atoms with van der Waals surface area (Å²) < 4.78 is 5.31. The first-order chi connectivity index (χ1) is 14.0. The minimum absolute atomic E-state index is 0.0588. The number of hydrogen-bond acceptors (Lipinski definition) is 5. The Kier molecular flexibility index (Phi) is 6.23. The molecular weight excluding hydrogens is 374 g/mol. The Morgan fingerprint density at radius 1 is 1.03 bits per heavy atom. The maximum absolute atomic E-state index is 12.5. The Morgan fingerprint density at radius 3 is 2.48 bits per heavy atom. The molecule has 0 aliphatic carbocycles. The highest BCUT2D eigenvalue weighted by atomic mass is 16.5. The third-order valence-electron chi connectivity index (χ3n) is 4.44. The predicted molar refractivity (Wildman–Crippen MR) is 104 cm³/mol. The number of rotatable bonds is 6. The van der Waals surface area contributed by atoms with Crippen molar-refractivity contribution >= 4 is 23.6 Å². The van der Waals surface area contributed by atoms with Crippen LogP contribution in [0.5, 0.6) is 5.75 Å². The Morgan fingerprint density at radius 2 is 1.76 bits per heavy atom. The van der Waals surface area contributed by atoms with Crippen LogP contribution in [0, 0.1) is 0 Å². The van der Waals surface area contributed by atoms with Crippen molar-refractivity contribution in [2.24, 2.45) is 0 Å². The van der Waals surface area contributed by atoms with Gasteiger partial charge in [0, 0.05) is 24.1 Å². The fourth-order valence-electron chi connectivity index (χ4n) is 2.97. The van der Waals surface area contributed by atoms with Gasteiger partial charge in [0.2, 0.25) is 11.8 Å². The summed E-state index contributed by atoms with van der Waals surface area (Å²) in [6.07, 6.45) is 0.00120. The Labute approximate surface area is 167 Å². The van der Waals surface area contributed by atoms with Crippen molar-refractivity contribution in [3.05, 3.63) is 65.2 Å². The molecule has 150 valence electrons. The Balaban J connectivity index is 1.49. The van der Waals surface area contributed by atoms with Crippen LogP contribution in [0.1, 0.15) is 39.6 Å².